The van der Waals surface area contributed by atoms with Gasteiger partial charge in [0.1, 0.15) is 0 Å². The number of rotatable bonds is 5. The standard InChI is InChI=1S/C14H22N2OS/c1-10(13-8-5-9-18-13)15-11(2)14(17)16-12-6-3-4-7-12/h5,8-12,15H,3-4,6-7H2,1-2H3,(H,16,17)/t10-,11-/m1/s1. The first-order valence-electron chi connectivity index (χ1n) is 6.76. The van der Waals surface area contributed by atoms with Gasteiger partial charge in [-0.15, -0.1) is 11.3 Å². The molecule has 0 radical (unpaired) electrons. The number of carbonyl (C=O) groups is 1. The van der Waals surface area contributed by atoms with E-state index in [0.717, 1.165) is 12.8 Å². The third-order valence-electron chi connectivity index (χ3n) is 3.56. The van der Waals surface area contributed by atoms with Gasteiger partial charge in [0.25, 0.3) is 0 Å². The van der Waals surface area contributed by atoms with Crippen molar-refractivity contribution in [3.8, 4) is 0 Å². The van der Waals surface area contributed by atoms with E-state index in [0.29, 0.717) is 6.04 Å². The molecule has 3 nitrogen and oxygen atoms in total. The Labute approximate surface area is 113 Å². The van der Waals surface area contributed by atoms with Crippen molar-refractivity contribution in [1.82, 2.24) is 10.6 Å². The fourth-order valence-corrected chi connectivity index (χ4v) is 3.21. The highest BCUT2D eigenvalue weighted by molar-refractivity contribution is 7.10. The lowest BCUT2D eigenvalue weighted by atomic mass is 10.2. The molecule has 100 valence electrons. The van der Waals surface area contributed by atoms with Gasteiger partial charge >= 0.3 is 0 Å². The molecule has 4 heteroatoms. The van der Waals surface area contributed by atoms with Crippen molar-refractivity contribution in [2.75, 3.05) is 0 Å². The summed E-state index contributed by atoms with van der Waals surface area (Å²) in [5.41, 5.74) is 0. The quantitative estimate of drug-likeness (QED) is 0.860. The summed E-state index contributed by atoms with van der Waals surface area (Å²) in [6, 6.07) is 4.64. The molecule has 0 saturated heterocycles. The number of hydrogen-bond donors (Lipinski definition) is 2. The molecule has 0 unspecified atom stereocenters. The van der Waals surface area contributed by atoms with E-state index in [1.54, 1.807) is 11.3 Å². The fourth-order valence-electron chi connectivity index (χ4n) is 2.47. The summed E-state index contributed by atoms with van der Waals surface area (Å²) in [5, 5.41) is 8.55. The monoisotopic (exact) mass is 266 g/mol. The van der Waals surface area contributed by atoms with Crippen molar-refractivity contribution < 1.29 is 4.79 Å². The van der Waals surface area contributed by atoms with E-state index in [1.165, 1.54) is 17.7 Å². The average molecular weight is 266 g/mol. The molecule has 1 aromatic heterocycles. The van der Waals surface area contributed by atoms with Crippen molar-refractivity contribution >= 4 is 17.2 Å². The van der Waals surface area contributed by atoms with E-state index >= 15 is 0 Å². The second kappa shape index (κ2) is 6.34. The van der Waals surface area contributed by atoms with E-state index in [-0.39, 0.29) is 18.0 Å². The smallest absolute Gasteiger partial charge is 0.237 e. The Morgan fingerprint density at radius 3 is 2.72 bits per heavy atom. The Morgan fingerprint density at radius 1 is 1.39 bits per heavy atom. The highest BCUT2D eigenvalue weighted by Gasteiger charge is 2.21. The average Bonchev–Trinajstić information content (AvgIpc) is 3.01. The van der Waals surface area contributed by atoms with Gasteiger partial charge in [-0.3, -0.25) is 10.1 Å². The summed E-state index contributed by atoms with van der Waals surface area (Å²) in [6.45, 7) is 4.04. The summed E-state index contributed by atoms with van der Waals surface area (Å²) in [5.74, 6) is 0.130. The normalized spacial score (nSPS) is 19.7. The van der Waals surface area contributed by atoms with Crippen LogP contribution >= 0.6 is 11.3 Å². The summed E-state index contributed by atoms with van der Waals surface area (Å²) in [6.07, 6.45) is 4.77. The van der Waals surface area contributed by atoms with Crippen LogP contribution in [0.4, 0.5) is 0 Å². The lowest BCUT2D eigenvalue weighted by Gasteiger charge is -2.21. The minimum atomic E-state index is -0.136. The maximum absolute atomic E-state index is 12.0. The first-order chi connectivity index (χ1) is 8.66. The van der Waals surface area contributed by atoms with Crippen LogP contribution in [0.25, 0.3) is 0 Å². The molecule has 2 rings (SSSR count). The van der Waals surface area contributed by atoms with Gasteiger partial charge in [-0.25, -0.2) is 0 Å². The topological polar surface area (TPSA) is 41.1 Å². The van der Waals surface area contributed by atoms with Gasteiger partial charge < -0.3 is 5.32 Å². The van der Waals surface area contributed by atoms with E-state index in [9.17, 15) is 4.79 Å². The third kappa shape index (κ3) is 3.56. The van der Waals surface area contributed by atoms with Crippen LogP contribution in [-0.4, -0.2) is 18.0 Å². The Balaban J connectivity index is 1.79. The van der Waals surface area contributed by atoms with Crippen LogP contribution in [0.3, 0.4) is 0 Å². The molecule has 0 bridgehead atoms. The molecule has 1 saturated carbocycles. The zero-order valence-corrected chi connectivity index (χ0v) is 11.9. The molecule has 18 heavy (non-hydrogen) atoms. The molecule has 0 aliphatic heterocycles. The second-order valence-electron chi connectivity index (χ2n) is 5.12. The van der Waals surface area contributed by atoms with Gasteiger partial charge in [0.15, 0.2) is 0 Å². The predicted octanol–water partition coefficient (Wildman–Crippen LogP) is 2.85. The zero-order chi connectivity index (χ0) is 13.0. The lowest BCUT2D eigenvalue weighted by Crippen LogP contribution is -2.46. The van der Waals surface area contributed by atoms with Gasteiger partial charge in [-0.1, -0.05) is 18.9 Å². The van der Waals surface area contributed by atoms with Crippen LogP contribution in [0, 0.1) is 0 Å². The van der Waals surface area contributed by atoms with Crippen LogP contribution < -0.4 is 10.6 Å². The van der Waals surface area contributed by atoms with E-state index in [1.807, 2.05) is 13.0 Å². The van der Waals surface area contributed by atoms with Crippen LogP contribution in [0.1, 0.15) is 50.4 Å². The molecule has 0 spiro atoms. The zero-order valence-electron chi connectivity index (χ0n) is 11.1. The molecule has 1 heterocycles. The lowest BCUT2D eigenvalue weighted by molar-refractivity contribution is -0.123. The van der Waals surface area contributed by atoms with Gasteiger partial charge in [-0.05, 0) is 38.1 Å². The van der Waals surface area contributed by atoms with Crippen molar-refractivity contribution in [3.05, 3.63) is 22.4 Å². The Hall–Kier alpha value is -0.870. The number of hydrogen-bond acceptors (Lipinski definition) is 3. The Morgan fingerprint density at radius 2 is 2.11 bits per heavy atom. The Bertz CT molecular complexity index is 371. The molecular formula is C14H22N2OS. The highest BCUT2D eigenvalue weighted by atomic mass is 32.1. The third-order valence-corrected chi connectivity index (χ3v) is 4.62. The maximum atomic E-state index is 12.0. The molecule has 2 atom stereocenters. The van der Waals surface area contributed by atoms with Crippen molar-refractivity contribution in [2.45, 2.75) is 57.7 Å². The number of carbonyl (C=O) groups excluding carboxylic acids is 1. The van der Waals surface area contributed by atoms with E-state index in [4.69, 9.17) is 0 Å². The van der Waals surface area contributed by atoms with E-state index in [2.05, 4.69) is 29.0 Å². The van der Waals surface area contributed by atoms with Crippen LogP contribution in [-0.2, 0) is 4.79 Å². The van der Waals surface area contributed by atoms with Crippen molar-refractivity contribution in [3.63, 3.8) is 0 Å². The van der Waals surface area contributed by atoms with Gasteiger partial charge in [0, 0.05) is 17.0 Å². The molecule has 1 fully saturated rings. The molecule has 1 aromatic rings. The van der Waals surface area contributed by atoms with Gasteiger partial charge in [-0.2, -0.15) is 0 Å². The second-order valence-corrected chi connectivity index (χ2v) is 6.09. The minimum absolute atomic E-state index is 0.130. The van der Waals surface area contributed by atoms with E-state index < -0.39 is 0 Å². The molecule has 2 N–H and O–H groups in total. The molecule has 0 aromatic carbocycles. The first kappa shape index (κ1) is 13.6. The molecule has 1 aliphatic carbocycles. The summed E-state index contributed by atoms with van der Waals surface area (Å²) in [7, 11) is 0. The van der Waals surface area contributed by atoms with Crippen molar-refractivity contribution in [1.29, 1.82) is 0 Å². The number of nitrogens with one attached hydrogen (secondary N) is 2. The first-order valence-corrected chi connectivity index (χ1v) is 7.64. The van der Waals surface area contributed by atoms with Crippen LogP contribution in [0.15, 0.2) is 17.5 Å². The number of thiophene rings is 1. The molecule has 1 amide bonds. The predicted molar refractivity (Wildman–Crippen MR) is 75.7 cm³/mol. The Kier molecular flexibility index (Phi) is 4.78. The SMILES string of the molecule is C[C@@H](N[C@H](C)c1cccs1)C(=O)NC1CCCC1. The summed E-state index contributed by atoms with van der Waals surface area (Å²) >= 11 is 1.72. The largest absolute Gasteiger partial charge is 0.352 e. The van der Waals surface area contributed by atoms with Gasteiger partial charge in [0.05, 0.1) is 6.04 Å². The summed E-state index contributed by atoms with van der Waals surface area (Å²) in [4.78, 5) is 13.3. The maximum Gasteiger partial charge on any atom is 0.237 e. The highest BCUT2D eigenvalue weighted by Crippen LogP contribution is 2.19. The van der Waals surface area contributed by atoms with Crippen LogP contribution in [0.5, 0.6) is 0 Å². The van der Waals surface area contributed by atoms with Crippen LogP contribution in [0.2, 0.25) is 0 Å². The number of amides is 1. The molecular weight excluding hydrogens is 244 g/mol. The summed E-state index contributed by atoms with van der Waals surface area (Å²) < 4.78 is 0. The van der Waals surface area contributed by atoms with Gasteiger partial charge in [0.2, 0.25) is 5.91 Å². The molecule has 1 aliphatic rings. The van der Waals surface area contributed by atoms with Crippen molar-refractivity contribution in [2.24, 2.45) is 0 Å². The minimum Gasteiger partial charge on any atom is -0.352 e. The fraction of sp³-hybridized carbons (Fsp3) is 0.643.